The first-order valence-electron chi connectivity index (χ1n) is 12.2. The van der Waals surface area contributed by atoms with Crippen LogP contribution in [0.1, 0.15) is 82.1 Å². The van der Waals surface area contributed by atoms with Crippen molar-refractivity contribution >= 4 is 35.0 Å². The third-order valence-corrected chi connectivity index (χ3v) is 7.17. The molecule has 2 aromatic rings. The molecule has 0 spiro atoms. The Kier molecular flexibility index (Phi) is 10.3. The second kappa shape index (κ2) is 13.4. The number of nitrogens with one attached hydrogen (secondary N) is 1. The van der Waals surface area contributed by atoms with Gasteiger partial charge in [-0.25, -0.2) is 4.39 Å². The van der Waals surface area contributed by atoms with Crippen molar-refractivity contribution in [1.29, 1.82) is 0 Å². The smallest absolute Gasteiger partial charge is 0.238 e. The summed E-state index contributed by atoms with van der Waals surface area (Å²) in [6.45, 7) is 2.24. The van der Waals surface area contributed by atoms with Crippen molar-refractivity contribution < 1.29 is 14.0 Å². The number of carbonyl (C=O) groups excluding carboxylic acids is 2. The average molecular weight is 471 g/mol. The van der Waals surface area contributed by atoms with Crippen LogP contribution in [0.25, 0.3) is 0 Å². The van der Waals surface area contributed by atoms with Gasteiger partial charge in [-0.2, -0.15) is 0 Å². The number of benzene rings is 2. The molecule has 0 unspecified atom stereocenters. The van der Waals surface area contributed by atoms with Gasteiger partial charge in [-0.15, -0.1) is 11.8 Å². The number of anilines is 2. The Hall–Kier alpha value is -2.34. The lowest BCUT2D eigenvalue weighted by Crippen LogP contribution is -2.27. The molecule has 4 nitrogen and oxygen atoms in total. The number of hydrogen-bond donors (Lipinski definition) is 1. The standard InChI is InChI=1S/C27H35FN2O2S/c1-2-3-4-5-6-7-8-9-10-11-25(31)29-23-16-12-21(13-17-23)27-30(26(32)20-33-27)24-18-14-22(28)15-19-24/h12-19,27H,2-11,20H2,1H3,(H,29,31)/t27-/m1/s1. The van der Waals surface area contributed by atoms with Gasteiger partial charge in [0.15, 0.2) is 0 Å². The molecule has 33 heavy (non-hydrogen) atoms. The van der Waals surface area contributed by atoms with Crippen molar-refractivity contribution in [2.75, 3.05) is 16.0 Å². The third kappa shape index (κ3) is 7.88. The summed E-state index contributed by atoms with van der Waals surface area (Å²) < 4.78 is 13.3. The molecule has 2 amide bonds. The lowest BCUT2D eigenvalue weighted by Gasteiger charge is -2.24. The Labute approximate surface area is 201 Å². The van der Waals surface area contributed by atoms with Gasteiger partial charge in [-0.3, -0.25) is 14.5 Å². The molecule has 0 aliphatic carbocycles. The van der Waals surface area contributed by atoms with E-state index in [1.54, 1.807) is 28.8 Å². The Morgan fingerprint density at radius 2 is 1.55 bits per heavy atom. The Morgan fingerprint density at radius 3 is 2.18 bits per heavy atom. The Balaban J connectivity index is 1.43. The maximum atomic E-state index is 13.3. The van der Waals surface area contributed by atoms with Crippen LogP contribution in [-0.2, 0) is 9.59 Å². The fourth-order valence-electron chi connectivity index (χ4n) is 4.10. The van der Waals surface area contributed by atoms with Gasteiger partial charge >= 0.3 is 0 Å². The molecule has 1 N–H and O–H groups in total. The number of amides is 2. The highest BCUT2D eigenvalue weighted by molar-refractivity contribution is 8.00. The van der Waals surface area contributed by atoms with E-state index in [2.05, 4.69) is 12.2 Å². The zero-order valence-corrected chi connectivity index (χ0v) is 20.3. The number of halogens is 1. The highest BCUT2D eigenvalue weighted by Crippen LogP contribution is 2.41. The second-order valence-electron chi connectivity index (χ2n) is 8.65. The molecule has 1 aliphatic heterocycles. The number of carbonyl (C=O) groups is 2. The van der Waals surface area contributed by atoms with E-state index in [0.717, 1.165) is 24.1 Å². The summed E-state index contributed by atoms with van der Waals surface area (Å²) in [7, 11) is 0. The van der Waals surface area contributed by atoms with E-state index in [4.69, 9.17) is 0 Å². The lowest BCUT2D eigenvalue weighted by atomic mass is 10.1. The van der Waals surface area contributed by atoms with Crippen LogP contribution in [0, 0.1) is 5.82 Å². The maximum Gasteiger partial charge on any atom is 0.238 e. The fourth-order valence-corrected chi connectivity index (χ4v) is 5.28. The zero-order chi connectivity index (χ0) is 23.5. The molecule has 1 aliphatic rings. The van der Waals surface area contributed by atoms with E-state index in [9.17, 15) is 14.0 Å². The van der Waals surface area contributed by atoms with E-state index in [1.807, 2.05) is 24.3 Å². The van der Waals surface area contributed by atoms with Gasteiger partial charge in [0.1, 0.15) is 11.2 Å². The van der Waals surface area contributed by atoms with Crippen molar-refractivity contribution in [3.63, 3.8) is 0 Å². The van der Waals surface area contributed by atoms with E-state index in [1.165, 1.54) is 57.1 Å². The number of rotatable bonds is 13. The van der Waals surface area contributed by atoms with Gasteiger partial charge in [0.25, 0.3) is 0 Å². The second-order valence-corrected chi connectivity index (χ2v) is 9.72. The van der Waals surface area contributed by atoms with Crippen LogP contribution in [0.2, 0.25) is 0 Å². The first-order valence-corrected chi connectivity index (χ1v) is 13.2. The van der Waals surface area contributed by atoms with E-state index in [0.29, 0.717) is 17.9 Å². The van der Waals surface area contributed by atoms with Crippen LogP contribution >= 0.6 is 11.8 Å². The minimum Gasteiger partial charge on any atom is -0.326 e. The molecular weight excluding hydrogens is 435 g/mol. The number of nitrogens with zero attached hydrogens (tertiary/aromatic N) is 1. The third-order valence-electron chi connectivity index (χ3n) is 5.96. The Bertz CT molecular complexity index is 886. The van der Waals surface area contributed by atoms with Crippen LogP contribution in [0.4, 0.5) is 15.8 Å². The SMILES string of the molecule is CCCCCCCCCCCC(=O)Nc1ccc([C@H]2SCC(=O)N2c2ccc(F)cc2)cc1. The molecular formula is C27H35FN2O2S. The van der Waals surface area contributed by atoms with Crippen molar-refractivity contribution in [2.45, 2.75) is 76.5 Å². The van der Waals surface area contributed by atoms with Gasteiger partial charge in [-0.1, -0.05) is 70.4 Å². The number of unbranched alkanes of at least 4 members (excludes halogenated alkanes) is 8. The summed E-state index contributed by atoms with van der Waals surface area (Å²) in [6, 6.07) is 13.7. The summed E-state index contributed by atoms with van der Waals surface area (Å²) in [6.07, 6.45) is 11.7. The summed E-state index contributed by atoms with van der Waals surface area (Å²) in [4.78, 5) is 26.4. The van der Waals surface area contributed by atoms with Gasteiger partial charge < -0.3 is 5.32 Å². The normalized spacial score (nSPS) is 15.8. The molecule has 0 aromatic heterocycles. The first kappa shape index (κ1) is 25.3. The maximum absolute atomic E-state index is 13.3. The molecule has 6 heteroatoms. The van der Waals surface area contributed by atoms with E-state index >= 15 is 0 Å². The molecule has 1 fully saturated rings. The van der Waals surface area contributed by atoms with Gasteiger partial charge in [0, 0.05) is 17.8 Å². The topological polar surface area (TPSA) is 49.4 Å². The van der Waals surface area contributed by atoms with Crippen molar-refractivity contribution in [1.82, 2.24) is 0 Å². The largest absolute Gasteiger partial charge is 0.326 e. The molecule has 178 valence electrons. The van der Waals surface area contributed by atoms with Crippen molar-refractivity contribution in [2.24, 2.45) is 0 Å². The van der Waals surface area contributed by atoms with Crippen molar-refractivity contribution in [3.8, 4) is 0 Å². The predicted molar refractivity (Wildman–Crippen MR) is 136 cm³/mol. The van der Waals surface area contributed by atoms with E-state index in [-0.39, 0.29) is 23.0 Å². The number of hydrogen-bond acceptors (Lipinski definition) is 3. The predicted octanol–water partition coefficient (Wildman–Crippen LogP) is 7.46. The van der Waals surface area contributed by atoms with Gasteiger partial charge in [0.05, 0.1) is 5.75 Å². The minimum absolute atomic E-state index is 0.00921. The quantitative estimate of drug-likeness (QED) is 0.309. The molecule has 2 aromatic carbocycles. The van der Waals surface area contributed by atoms with Crippen molar-refractivity contribution in [3.05, 3.63) is 59.9 Å². The summed E-state index contributed by atoms with van der Waals surface area (Å²) in [5.74, 6) is 0.121. The molecule has 1 atom stereocenters. The highest BCUT2D eigenvalue weighted by atomic mass is 32.2. The number of thioether (sulfide) groups is 1. The highest BCUT2D eigenvalue weighted by Gasteiger charge is 2.34. The molecule has 0 bridgehead atoms. The minimum atomic E-state index is -0.322. The summed E-state index contributed by atoms with van der Waals surface area (Å²) in [5.41, 5.74) is 2.43. The summed E-state index contributed by atoms with van der Waals surface area (Å²) in [5, 5.41) is 2.82. The lowest BCUT2D eigenvalue weighted by molar-refractivity contribution is -0.116. The zero-order valence-electron chi connectivity index (χ0n) is 19.5. The molecule has 0 radical (unpaired) electrons. The van der Waals surface area contributed by atoms with Gasteiger partial charge in [-0.05, 0) is 48.4 Å². The Morgan fingerprint density at radius 1 is 0.939 bits per heavy atom. The average Bonchev–Trinajstić information content (AvgIpc) is 3.20. The van der Waals surface area contributed by atoms with Crippen LogP contribution in [0.15, 0.2) is 48.5 Å². The molecule has 0 saturated carbocycles. The monoisotopic (exact) mass is 470 g/mol. The summed E-state index contributed by atoms with van der Waals surface area (Å²) >= 11 is 1.55. The first-order chi connectivity index (χ1) is 16.1. The van der Waals surface area contributed by atoms with E-state index < -0.39 is 0 Å². The molecule has 3 rings (SSSR count). The van der Waals surface area contributed by atoms with Gasteiger partial charge in [0.2, 0.25) is 11.8 Å². The van der Waals surface area contributed by atoms with Crippen LogP contribution in [0.5, 0.6) is 0 Å². The fraction of sp³-hybridized carbons (Fsp3) is 0.481. The van der Waals surface area contributed by atoms with Crippen LogP contribution in [0.3, 0.4) is 0 Å². The van der Waals surface area contributed by atoms with Crippen LogP contribution < -0.4 is 10.2 Å². The molecule has 1 saturated heterocycles. The van der Waals surface area contributed by atoms with Crippen LogP contribution in [-0.4, -0.2) is 17.6 Å². The molecule has 1 heterocycles.